The monoisotopic (exact) mass is 411 g/mol. The lowest BCUT2D eigenvalue weighted by atomic mass is 9.82. The highest BCUT2D eigenvalue weighted by Gasteiger charge is 2.33. The molecular formula is C21H26ClN7. The molecule has 2 atom stereocenters. The summed E-state index contributed by atoms with van der Waals surface area (Å²) in [7, 11) is 0. The average Bonchev–Trinajstić information content (AvgIpc) is 3.37. The Kier molecular flexibility index (Phi) is 4.89. The van der Waals surface area contributed by atoms with E-state index < -0.39 is 0 Å². The molecule has 2 aliphatic rings. The molecule has 3 aromatic heterocycles. The number of aromatic nitrogens is 4. The minimum absolute atomic E-state index is 0.622. The van der Waals surface area contributed by atoms with Gasteiger partial charge in [0.05, 0.1) is 22.6 Å². The van der Waals surface area contributed by atoms with Gasteiger partial charge in [-0.2, -0.15) is 0 Å². The van der Waals surface area contributed by atoms with Crippen molar-refractivity contribution in [2.24, 2.45) is 17.8 Å². The third-order valence-electron chi connectivity index (χ3n) is 6.07. The number of fused-ring (bicyclic) bond motifs is 1. The van der Waals surface area contributed by atoms with E-state index in [1.165, 1.54) is 6.42 Å². The smallest absolute Gasteiger partial charge is 0.226 e. The van der Waals surface area contributed by atoms with E-state index in [-0.39, 0.29) is 0 Å². The first-order valence-electron chi connectivity index (χ1n) is 10.3. The maximum Gasteiger partial charge on any atom is 0.226 e. The Hall–Kier alpha value is -2.22. The zero-order valence-corrected chi connectivity index (χ0v) is 17.5. The molecule has 8 heteroatoms. The summed E-state index contributed by atoms with van der Waals surface area (Å²) in [4.78, 5) is 16.6. The van der Waals surface area contributed by atoms with Gasteiger partial charge in [0.2, 0.25) is 5.95 Å². The Bertz CT molecular complexity index is 1030. The van der Waals surface area contributed by atoms with Crippen LogP contribution in [0.15, 0.2) is 30.6 Å². The number of piperidine rings is 1. The van der Waals surface area contributed by atoms with Crippen LogP contribution in [0.3, 0.4) is 0 Å². The number of anilines is 1. The summed E-state index contributed by atoms with van der Waals surface area (Å²) in [5, 5.41) is 0.675. The lowest BCUT2D eigenvalue weighted by molar-refractivity contribution is 0.262. The van der Waals surface area contributed by atoms with Crippen LogP contribution in [-0.4, -0.2) is 45.5 Å². The number of hydrogen-bond donors (Lipinski definition) is 2. The van der Waals surface area contributed by atoms with E-state index in [0.29, 0.717) is 22.8 Å². The van der Waals surface area contributed by atoms with Gasteiger partial charge in [0.15, 0.2) is 0 Å². The highest BCUT2D eigenvalue weighted by Crippen LogP contribution is 2.31. The SMILES string of the molecule is Cc1cc(-c2cnc3ccc(Cl)cn23)nc(N2C[C@H](C)C[C@H](C3CNNC3)C2)n1. The summed E-state index contributed by atoms with van der Waals surface area (Å²) in [6.45, 7) is 8.42. The van der Waals surface area contributed by atoms with Gasteiger partial charge >= 0.3 is 0 Å². The molecule has 2 fully saturated rings. The Labute approximate surface area is 175 Å². The van der Waals surface area contributed by atoms with Crippen LogP contribution < -0.4 is 15.8 Å². The van der Waals surface area contributed by atoms with Crippen molar-refractivity contribution in [2.45, 2.75) is 20.3 Å². The number of nitrogens with zero attached hydrogens (tertiary/aromatic N) is 5. The van der Waals surface area contributed by atoms with E-state index in [2.05, 4.69) is 27.7 Å². The van der Waals surface area contributed by atoms with Crippen molar-refractivity contribution in [3.8, 4) is 11.4 Å². The van der Waals surface area contributed by atoms with Crippen LogP contribution in [0.2, 0.25) is 5.02 Å². The molecule has 0 unspecified atom stereocenters. The Morgan fingerprint density at radius 3 is 2.76 bits per heavy atom. The second-order valence-corrected chi connectivity index (χ2v) is 8.88. The molecule has 29 heavy (non-hydrogen) atoms. The molecule has 3 aromatic rings. The number of halogens is 1. The highest BCUT2D eigenvalue weighted by molar-refractivity contribution is 6.30. The first kappa shape index (κ1) is 18.8. The van der Waals surface area contributed by atoms with Crippen LogP contribution in [0.1, 0.15) is 19.0 Å². The van der Waals surface area contributed by atoms with E-state index >= 15 is 0 Å². The molecule has 0 spiro atoms. The molecule has 0 amide bonds. The minimum atomic E-state index is 0.622. The zero-order chi connectivity index (χ0) is 20.0. The molecule has 0 aliphatic carbocycles. The summed E-state index contributed by atoms with van der Waals surface area (Å²) in [6, 6.07) is 5.79. The van der Waals surface area contributed by atoms with E-state index in [1.54, 1.807) is 0 Å². The largest absolute Gasteiger partial charge is 0.340 e. The average molecular weight is 412 g/mol. The van der Waals surface area contributed by atoms with Crippen molar-refractivity contribution >= 4 is 23.2 Å². The summed E-state index contributed by atoms with van der Waals surface area (Å²) >= 11 is 6.21. The second kappa shape index (κ2) is 7.55. The van der Waals surface area contributed by atoms with Gasteiger partial charge in [-0.1, -0.05) is 18.5 Å². The zero-order valence-electron chi connectivity index (χ0n) is 16.8. The standard InChI is InChI=1S/C21H26ClN7/c1-13-5-15(16-7-24-25-8-16)11-28(10-13)21-26-14(2)6-18(27-21)19-9-23-20-4-3-17(22)12-29(19)20/h3-4,6,9,12-13,15-16,24-25H,5,7-8,10-11H2,1-2H3/t13-,15+/m1/s1. The van der Waals surface area contributed by atoms with Crippen LogP contribution in [0.25, 0.3) is 17.0 Å². The molecule has 152 valence electrons. The van der Waals surface area contributed by atoms with Crippen molar-refractivity contribution in [3.63, 3.8) is 0 Å². The fourth-order valence-electron chi connectivity index (χ4n) is 4.69. The number of pyridine rings is 1. The van der Waals surface area contributed by atoms with Crippen LogP contribution in [0.5, 0.6) is 0 Å². The maximum absolute atomic E-state index is 6.21. The molecular weight excluding hydrogens is 386 g/mol. The molecule has 7 nitrogen and oxygen atoms in total. The summed E-state index contributed by atoms with van der Waals surface area (Å²) in [5.74, 6) is 2.73. The predicted molar refractivity (Wildman–Crippen MR) is 115 cm³/mol. The minimum Gasteiger partial charge on any atom is -0.340 e. The Morgan fingerprint density at radius 2 is 1.93 bits per heavy atom. The molecule has 0 saturated carbocycles. The third-order valence-corrected chi connectivity index (χ3v) is 6.29. The summed E-state index contributed by atoms with van der Waals surface area (Å²) < 4.78 is 1.99. The van der Waals surface area contributed by atoms with Crippen molar-refractivity contribution < 1.29 is 0 Å². The topological polar surface area (TPSA) is 70.4 Å². The third kappa shape index (κ3) is 3.70. The van der Waals surface area contributed by atoms with Crippen LogP contribution >= 0.6 is 11.6 Å². The first-order chi connectivity index (χ1) is 14.1. The van der Waals surface area contributed by atoms with Crippen LogP contribution in [0, 0.1) is 24.7 Å². The molecule has 2 aliphatic heterocycles. The Morgan fingerprint density at radius 1 is 1.10 bits per heavy atom. The van der Waals surface area contributed by atoms with Gasteiger partial charge in [-0.15, -0.1) is 0 Å². The van der Waals surface area contributed by atoms with Gasteiger partial charge in [0.1, 0.15) is 5.65 Å². The number of imidazole rings is 1. The summed E-state index contributed by atoms with van der Waals surface area (Å²) in [5.41, 5.74) is 10.2. The number of nitrogens with one attached hydrogen (secondary N) is 2. The lowest BCUT2D eigenvalue weighted by Crippen LogP contribution is -2.44. The van der Waals surface area contributed by atoms with Crippen molar-refractivity contribution in [1.29, 1.82) is 0 Å². The number of hydrogen-bond acceptors (Lipinski definition) is 6. The van der Waals surface area contributed by atoms with Gasteiger partial charge in [-0.3, -0.25) is 15.3 Å². The van der Waals surface area contributed by atoms with Gasteiger partial charge in [0.25, 0.3) is 0 Å². The number of rotatable bonds is 3. The van der Waals surface area contributed by atoms with Crippen molar-refractivity contribution in [3.05, 3.63) is 41.3 Å². The van der Waals surface area contributed by atoms with Crippen molar-refractivity contribution in [1.82, 2.24) is 30.2 Å². The van der Waals surface area contributed by atoms with Gasteiger partial charge in [0, 0.05) is 38.1 Å². The number of aryl methyl sites for hydroxylation is 1. The number of hydrazine groups is 1. The van der Waals surface area contributed by atoms with Crippen molar-refractivity contribution in [2.75, 3.05) is 31.1 Å². The fraction of sp³-hybridized carbons (Fsp3) is 0.476. The van der Waals surface area contributed by atoms with E-state index in [9.17, 15) is 0 Å². The van der Waals surface area contributed by atoms with E-state index in [4.69, 9.17) is 21.6 Å². The summed E-state index contributed by atoms with van der Waals surface area (Å²) in [6.07, 6.45) is 5.00. The van der Waals surface area contributed by atoms with Gasteiger partial charge < -0.3 is 4.90 Å². The normalized spacial score (nSPS) is 23.2. The van der Waals surface area contributed by atoms with E-state index in [0.717, 1.165) is 54.9 Å². The molecule has 0 bridgehead atoms. The second-order valence-electron chi connectivity index (χ2n) is 8.44. The molecule has 2 saturated heterocycles. The van der Waals surface area contributed by atoms with Crippen LogP contribution in [0.4, 0.5) is 5.95 Å². The van der Waals surface area contributed by atoms with Gasteiger partial charge in [-0.25, -0.2) is 15.0 Å². The molecule has 0 radical (unpaired) electrons. The Balaban J connectivity index is 1.49. The van der Waals surface area contributed by atoms with E-state index in [1.807, 2.05) is 41.9 Å². The molecule has 0 aromatic carbocycles. The maximum atomic E-state index is 6.21. The first-order valence-corrected chi connectivity index (χ1v) is 10.6. The highest BCUT2D eigenvalue weighted by atomic mass is 35.5. The lowest BCUT2D eigenvalue weighted by Gasteiger charge is -2.39. The molecule has 5 rings (SSSR count). The molecule has 5 heterocycles. The van der Waals surface area contributed by atoms with Gasteiger partial charge in [-0.05, 0) is 49.3 Å². The predicted octanol–water partition coefficient (Wildman–Crippen LogP) is 2.94. The van der Waals surface area contributed by atoms with Crippen LogP contribution in [-0.2, 0) is 0 Å². The quantitative estimate of drug-likeness (QED) is 0.690. The molecule has 2 N–H and O–H groups in total. The fourth-order valence-corrected chi connectivity index (χ4v) is 4.85.